The zero-order chi connectivity index (χ0) is 25.1. The summed E-state index contributed by atoms with van der Waals surface area (Å²) in [5, 5.41) is 10.9. The molecule has 1 aliphatic rings. The molecule has 8 heteroatoms. The predicted molar refractivity (Wildman–Crippen MR) is 136 cm³/mol. The largest absolute Gasteiger partial charge is 0.507 e. The first-order chi connectivity index (χ1) is 17.5. The Morgan fingerprint density at radius 3 is 2.39 bits per heavy atom. The summed E-state index contributed by atoms with van der Waals surface area (Å²) < 4.78 is 30.5. The molecule has 2 heterocycles. The highest BCUT2D eigenvalue weighted by Crippen LogP contribution is 2.33. The van der Waals surface area contributed by atoms with Gasteiger partial charge in [-0.3, -0.25) is 9.69 Å². The normalized spacial score (nSPS) is 14.2. The van der Waals surface area contributed by atoms with Gasteiger partial charge in [-0.05, 0) is 55.5 Å². The number of halogens is 1. The number of hydrogen-bond acceptors (Lipinski definition) is 7. The molecule has 1 fully saturated rings. The number of ether oxygens (including phenoxy) is 2. The highest BCUT2D eigenvalue weighted by atomic mass is 19.1. The summed E-state index contributed by atoms with van der Waals surface area (Å²) in [6.45, 7) is 5.78. The Morgan fingerprint density at radius 2 is 1.67 bits per heavy atom. The average molecular weight is 491 g/mol. The second-order valence-electron chi connectivity index (χ2n) is 8.59. The van der Waals surface area contributed by atoms with E-state index in [1.165, 1.54) is 24.5 Å². The molecule has 1 N–H and O–H groups in total. The monoisotopic (exact) mass is 490 g/mol. The van der Waals surface area contributed by atoms with E-state index in [0.717, 1.165) is 31.9 Å². The van der Waals surface area contributed by atoms with Gasteiger partial charge in [0.1, 0.15) is 23.4 Å². The molecular formula is C28H27FN2O5. The number of benzene rings is 3. The smallest absolute Gasteiger partial charge is 0.235 e. The highest BCUT2D eigenvalue weighted by Gasteiger charge is 2.22. The van der Waals surface area contributed by atoms with Crippen molar-refractivity contribution in [3.8, 4) is 23.0 Å². The number of para-hydroxylation sites is 2. The lowest BCUT2D eigenvalue weighted by Gasteiger charge is -2.36. The first-order valence-electron chi connectivity index (χ1n) is 11.9. The van der Waals surface area contributed by atoms with Gasteiger partial charge >= 0.3 is 0 Å². The molecule has 7 nitrogen and oxygen atoms in total. The van der Waals surface area contributed by atoms with E-state index < -0.39 is 0 Å². The van der Waals surface area contributed by atoms with Gasteiger partial charge in [0.15, 0.2) is 11.5 Å². The quantitative estimate of drug-likeness (QED) is 0.384. The molecular weight excluding hydrogens is 463 g/mol. The number of rotatable bonds is 7. The molecule has 36 heavy (non-hydrogen) atoms. The Morgan fingerprint density at radius 1 is 0.944 bits per heavy atom. The van der Waals surface area contributed by atoms with E-state index in [1.54, 1.807) is 36.4 Å². The average Bonchev–Trinajstić information content (AvgIpc) is 2.89. The molecule has 0 radical (unpaired) electrons. The third-order valence-corrected chi connectivity index (χ3v) is 6.30. The number of piperazine rings is 1. The Bertz CT molecular complexity index is 1410. The van der Waals surface area contributed by atoms with Gasteiger partial charge < -0.3 is 23.9 Å². The summed E-state index contributed by atoms with van der Waals surface area (Å²) in [5.41, 5.74) is 1.55. The minimum Gasteiger partial charge on any atom is -0.507 e. The third kappa shape index (κ3) is 4.85. The summed E-state index contributed by atoms with van der Waals surface area (Å²) in [4.78, 5) is 17.6. The second kappa shape index (κ2) is 10.3. The van der Waals surface area contributed by atoms with Gasteiger partial charge in [0.2, 0.25) is 11.2 Å². The van der Waals surface area contributed by atoms with Gasteiger partial charge in [0.25, 0.3) is 0 Å². The Hall–Kier alpha value is -4.04. The molecule has 3 aromatic carbocycles. The van der Waals surface area contributed by atoms with Gasteiger partial charge in [0.05, 0.1) is 17.6 Å². The number of phenols is 1. The number of anilines is 1. The van der Waals surface area contributed by atoms with Crippen LogP contribution < -0.4 is 19.8 Å². The van der Waals surface area contributed by atoms with Crippen LogP contribution in [0.15, 0.2) is 76.1 Å². The molecule has 1 aliphatic heterocycles. The molecule has 4 aromatic rings. The van der Waals surface area contributed by atoms with Crippen molar-refractivity contribution >= 4 is 16.7 Å². The van der Waals surface area contributed by atoms with Crippen molar-refractivity contribution < 1.29 is 23.4 Å². The lowest BCUT2D eigenvalue weighted by Crippen LogP contribution is -2.46. The standard InChI is InChI=1S/C28H27FN2O5/c1-2-34-24-5-3-4-6-25(24)36-26-18-35-28-21(27(26)33)11-12-23(32)22(28)17-30-13-15-31(16-14-30)20-9-7-19(29)8-10-20/h3-12,18,32H,2,13-17H2,1H3. The van der Waals surface area contributed by atoms with Crippen molar-refractivity contribution in [1.29, 1.82) is 0 Å². The van der Waals surface area contributed by atoms with E-state index in [9.17, 15) is 14.3 Å². The molecule has 0 unspecified atom stereocenters. The van der Waals surface area contributed by atoms with E-state index in [1.807, 2.05) is 13.0 Å². The van der Waals surface area contributed by atoms with E-state index in [-0.39, 0.29) is 22.7 Å². The fraction of sp³-hybridized carbons (Fsp3) is 0.250. The Balaban J connectivity index is 1.35. The van der Waals surface area contributed by atoms with E-state index >= 15 is 0 Å². The van der Waals surface area contributed by atoms with Gasteiger partial charge in [-0.1, -0.05) is 12.1 Å². The molecule has 5 rings (SSSR count). The van der Waals surface area contributed by atoms with Gasteiger partial charge in [-0.25, -0.2) is 4.39 Å². The van der Waals surface area contributed by atoms with Crippen LogP contribution in [-0.2, 0) is 6.54 Å². The summed E-state index contributed by atoms with van der Waals surface area (Å²) >= 11 is 0. The summed E-state index contributed by atoms with van der Waals surface area (Å²) in [7, 11) is 0. The molecule has 0 atom stereocenters. The highest BCUT2D eigenvalue weighted by molar-refractivity contribution is 5.83. The van der Waals surface area contributed by atoms with Crippen molar-refractivity contribution in [1.82, 2.24) is 4.90 Å². The SMILES string of the molecule is CCOc1ccccc1Oc1coc2c(CN3CCN(c4ccc(F)cc4)CC3)c(O)ccc2c1=O. The first-order valence-corrected chi connectivity index (χ1v) is 11.9. The fourth-order valence-corrected chi connectivity index (χ4v) is 4.42. The Kier molecular flexibility index (Phi) is 6.77. The molecule has 1 saturated heterocycles. The van der Waals surface area contributed by atoms with Crippen molar-refractivity contribution in [3.05, 3.63) is 88.5 Å². The van der Waals surface area contributed by atoms with Crippen LogP contribution in [0.5, 0.6) is 23.0 Å². The lowest BCUT2D eigenvalue weighted by atomic mass is 10.1. The van der Waals surface area contributed by atoms with Gasteiger partial charge in [-0.2, -0.15) is 0 Å². The molecule has 0 amide bonds. The number of phenolic OH excluding ortho intramolecular Hbond substituents is 1. The van der Waals surface area contributed by atoms with E-state index in [4.69, 9.17) is 13.9 Å². The minimum atomic E-state index is -0.329. The van der Waals surface area contributed by atoms with Crippen LogP contribution >= 0.6 is 0 Å². The van der Waals surface area contributed by atoms with Crippen LogP contribution in [0.2, 0.25) is 0 Å². The number of hydrogen-bond donors (Lipinski definition) is 1. The van der Waals surface area contributed by atoms with Gasteiger partial charge in [0, 0.05) is 38.4 Å². The lowest BCUT2D eigenvalue weighted by molar-refractivity contribution is 0.246. The maximum absolute atomic E-state index is 13.2. The van der Waals surface area contributed by atoms with Crippen LogP contribution in [0.3, 0.4) is 0 Å². The van der Waals surface area contributed by atoms with Crippen LogP contribution in [0.25, 0.3) is 11.0 Å². The molecule has 0 bridgehead atoms. The van der Waals surface area contributed by atoms with Crippen LogP contribution in [0.4, 0.5) is 10.1 Å². The molecule has 0 spiro atoms. The fourth-order valence-electron chi connectivity index (χ4n) is 4.42. The first kappa shape index (κ1) is 23.7. The predicted octanol–water partition coefficient (Wildman–Crippen LogP) is 5.15. The number of aromatic hydroxyl groups is 1. The maximum Gasteiger partial charge on any atom is 0.235 e. The minimum absolute atomic E-state index is 0.0409. The van der Waals surface area contributed by atoms with Crippen LogP contribution in [0, 0.1) is 5.82 Å². The van der Waals surface area contributed by atoms with Crippen LogP contribution in [0.1, 0.15) is 12.5 Å². The number of nitrogens with zero attached hydrogens (tertiary/aromatic N) is 2. The summed E-state index contributed by atoms with van der Waals surface area (Å²) in [6.07, 6.45) is 1.28. The third-order valence-electron chi connectivity index (χ3n) is 6.30. The molecule has 186 valence electrons. The van der Waals surface area contributed by atoms with Crippen LogP contribution in [-0.4, -0.2) is 42.8 Å². The molecule has 0 saturated carbocycles. The zero-order valence-corrected chi connectivity index (χ0v) is 19.9. The second-order valence-corrected chi connectivity index (χ2v) is 8.59. The molecule has 1 aromatic heterocycles. The van der Waals surface area contributed by atoms with Crippen molar-refractivity contribution in [2.24, 2.45) is 0 Å². The van der Waals surface area contributed by atoms with Crippen molar-refractivity contribution in [2.45, 2.75) is 13.5 Å². The van der Waals surface area contributed by atoms with E-state index in [2.05, 4.69) is 9.80 Å². The summed E-state index contributed by atoms with van der Waals surface area (Å²) in [6, 6.07) is 16.7. The maximum atomic E-state index is 13.2. The topological polar surface area (TPSA) is 75.4 Å². The molecule has 0 aliphatic carbocycles. The zero-order valence-electron chi connectivity index (χ0n) is 19.9. The van der Waals surface area contributed by atoms with Gasteiger partial charge in [-0.15, -0.1) is 0 Å². The summed E-state index contributed by atoms with van der Waals surface area (Å²) in [5.74, 6) is 0.813. The Labute approximate surface area is 207 Å². The van der Waals surface area contributed by atoms with Crippen molar-refractivity contribution in [2.75, 3.05) is 37.7 Å². The van der Waals surface area contributed by atoms with Crippen molar-refractivity contribution in [3.63, 3.8) is 0 Å². The van der Waals surface area contributed by atoms with E-state index in [0.29, 0.717) is 41.2 Å². The number of fused-ring (bicyclic) bond motifs is 1.